The molecule has 0 N–H and O–H groups in total. The fraction of sp³-hybridized carbons (Fsp3) is 0.100. The number of hydrogen-bond donors (Lipinski definition) is 0. The summed E-state index contributed by atoms with van der Waals surface area (Å²) in [6.45, 7) is 1.08. The Labute approximate surface area is 145 Å². The Balaban J connectivity index is 1.75. The summed E-state index contributed by atoms with van der Waals surface area (Å²) in [4.78, 5) is 18.8. The molecule has 0 radical (unpaired) electrons. The maximum atomic E-state index is 12.7. The lowest BCUT2D eigenvalue weighted by Gasteiger charge is -2.20. The lowest BCUT2D eigenvalue weighted by molar-refractivity contribution is -0.127. The van der Waals surface area contributed by atoms with Gasteiger partial charge in [0.05, 0.1) is 12.2 Å². The number of rotatable bonds is 6. The molecule has 0 aliphatic heterocycles. The zero-order chi connectivity index (χ0) is 16.6. The molecule has 0 atom stereocenters. The van der Waals surface area contributed by atoms with Gasteiger partial charge >= 0.3 is 0 Å². The largest absolute Gasteiger partial charge is 0.329 e. The van der Waals surface area contributed by atoms with Crippen LogP contribution in [0.3, 0.4) is 0 Å². The molecular weight excluding hydrogens is 316 g/mol. The molecule has 24 heavy (non-hydrogen) atoms. The summed E-state index contributed by atoms with van der Waals surface area (Å²) in [5.41, 5.74) is 3.03. The van der Waals surface area contributed by atoms with Crippen molar-refractivity contribution in [3.8, 4) is 0 Å². The van der Waals surface area contributed by atoms with E-state index in [-0.39, 0.29) is 5.91 Å². The monoisotopic (exact) mass is 334 g/mol. The number of carbonyl (C=O) groups is 1. The van der Waals surface area contributed by atoms with E-state index in [2.05, 4.69) is 10.4 Å². The third-order valence-electron chi connectivity index (χ3n) is 3.56. The number of hydrogen-bond acceptors (Lipinski definition) is 3. The van der Waals surface area contributed by atoms with Crippen LogP contribution in [0.5, 0.6) is 0 Å². The molecule has 0 unspecified atom stereocenters. The van der Waals surface area contributed by atoms with Gasteiger partial charge in [0.25, 0.3) is 0 Å². The summed E-state index contributed by atoms with van der Waals surface area (Å²) in [5.74, 6) is -0.0179. The molecule has 2 heterocycles. The second kappa shape index (κ2) is 8.22. The Morgan fingerprint density at radius 3 is 2.58 bits per heavy atom. The lowest BCUT2D eigenvalue weighted by Crippen LogP contribution is -2.28. The van der Waals surface area contributed by atoms with Crippen molar-refractivity contribution in [3.05, 3.63) is 94.5 Å². The van der Waals surface area contributed by atoms with Crippen molar-refractivity contribution in [1.82, 2.24) is 9.88 Å². The molecule has 4 heteroatoms. The van der Waals surface area contributed by atoms with Crippen molar-refractivity contribution in [3.63, 3.8) is 0 Å². The van der Waals surface area contributed by atoms with Gasteiger partial charge in [-0.1, -0.05) is 36.4 Å². The first-order chi connectivity index (χ1) is 11.8. The summed E-state index contributed by atoms with van der Waals surface area (Å²) in [7, 11) is 0. The van der Waals surface area contributed by atoms with Crippen molar-refractivity contribution < 1.29 is 4.79 Å². The number of benzene rings is 1. The first kappa shape index (κ1) is 16.1. The van der Waals surface area contributed by atoms with Gasteiger partial charge in [-0.25, -0.2) is 0 Å². The molecule has 0 bridgehead atoms. The summed E-state index contributed by atoms with van der Waals surface area (Å²) >= 11 is 1.64. The Morgan fingerprint density at radius 1 is 1.04 bits per heavy atom. The van der Waals surface area contributed by atoms with Crippen LogP contribution in [0.4, 0.5) is 0 Å². The zero-order valence-corrected chi connectivity index (χ0v) is 14.0. The van der Waals surface area contributed by atoms with E-state index >= 15 is 0 Å². The van der Waals surface area contributed by atoms with Gasteiger partial charge in [-0.2, -0.15) is 11.3 Å². The minimum Gasteiger partial charge on any atom is -0.329 e. The number of carbonyl (C=O) groups excluding carboxylic acids is 1. The fourth-order valence-electron chi connectivity index (χ4n) is 2.34. The van der Waals surface area contributed by atoms with E-state index in [9.17, 15) is 4.79 Å². The molecule has 120 valence electrons. The van der Waals surface area contributed by atoms with Gasteiger partial charge in [0.2, 0.25) is 5.91 Å². The Kier molecular flexibility index (Phi) is 5.53. The molecule has 1 amide bonds. The van der Waals surface area contributed by atoms with Crippen LogP contribution < -0.4 is 0 Å². The molecule has 0 aliphatic rings. The van der Waals surface area contributed by atoms with E-state index in [1.54, 1.807) is 23.6 Å². The van der Waals surface area contributed by atoms with Crippen molar-refractivity contribution in [1.29, 1.82) is 0 Å². The molecule has 0 spiro atoms. The number of aromatic nitrogens is 1. The van der Waals surface area contributed by atoms with Crippen molar-refractivity contribution >= 4 is 23.3 Å². The average molecular weight is 334 g/mol. The molecule has 3 aromatic rings. The number of pyridine rings is 1. The first-order valence-electron chi connectivity index (χ1n) is 7.74. The van der Waals surface area contributed by atoms with Crippen molar-refractivity contribution in [2.24, 2.45) is 0 Å². The number of thiophene rings is 1. The molecule has 2 aromatic heterocycles. The maximum Gasteiger partial charge on any atom is 0.247 e. The zero-order valence-electron chi connectivity index (χ0n) is 13.2. The number of amides is 1. The Hall–Kier alpha value is -2.72. The molecule has 3 nitrogen and oxygen atoms in total. The molecular formula is C20H18N2OS. The second-order valence-corrected chi connectivity index (χ2v) is 6.17. The lowest BCUT2D eigenvalue weighted by atomic mass is 10.2. The Morgan fingerprint density at radius 2 is 1.88 bits per heavy atom. The molecule has 0 fully saturated rings. The van der Waals surface area contributed by atoms with Crippen LogP contribution in [-0.4, -0.2) is 15.8 Å². The normalized spacial score (nSPS) is 10.8. The topological polar surface area (TPSA) is 33.2 Å². The van der Waals surface area contributed by atoms with Gasteiger partial charge in [0.1, 0.15) is 0 Å². The van der Waals surface area contributed by atoms with E-state index in [0.29, 0.717) is 13.1 Å². The maximum absolute atomic E-state index is 12.7. The Bertz CT molecular complexity index is 783. The minimum atomic E-state index is -0.0179. The third kappa shape index (κ3) is 4.64. The second-order valence-electron chi connectivity index (χ2n) is 5.39. The van der Waals surface area contributed by atoms with Crippen LogP contribution in [0.25, 0.3) is 6.08 Å². The van der Waals surface area contributed by atoms with Gasteiger partial charge in [-0.15, -0.1) is 0 Å². The van der Waals surface area contributed by atoms with Gasteiger partial charge in [-0.05, 0) is 46.2 Å². The van der Waals surface area contributed by atoms with E-state index in [0.717, 1.165) is 16.8 Å². The highest BCUT2D eigenvalue weighted by Crippen LogP contribution is 2.13. The standard InChI is InChI=1S/C20H18N2OS/c23-20(10-9-17-6-2-1-3-7-17)22(14-18-11-13-24-16-18)15-19-8-4-5-12-21-19/h1-13,16H,14-15H2/b10-9+. The third-order valence-corrected chi connectivity index (χ3v) is 4.29. The minimum absolute atomic E-state index is 0.0179. The van der Waals surface area contributed by atoms with Crippen LogP contribution in [0.1, 0.15) is 16.8 Å². The average Bonchev–Trinajstić information content (AvgIpc) is 3.14. The van der Waals surface area contributed by atoms with Gasteiger partial charge < -0.3 is 4.90 Å². The van der Waals surface area contributed by atoms with Gasteiger partial charge in [-0.3, -0.25) is 9.78 Å². The predicted molar refractivity (Wildman–Crippen MR) is 98.3 cm³/mol. The van der Waals surface area contributed by atoms with E-state index in [1.807, 2.05) is 71.0 Å². The van der Waals surface area contributed by atoms with Gasteiger partial charge in [0, 0.05) is 18.8 Å². The van der Waals surface area contributed by atoms with Crippen LogP contribution in [0.15, 0.2) is 77.6 Å². The SMILES string of the molecule is O=C(/C=C/c1ccccc1)N(Cc1ccsc1)Cc1ccccn1. The summed E-state index contributed by atoms with van der Waals surface area (Å²) in [6, 6.07) is 17.6. The van der Waals surface area contributed by atoms with Crippen LogP contribution in [0, 0.1) is 0 Å². The molecule has 1 aromatic carbocycles. The smallest absolute Gasteiger partial charge is 0.247 e. The highest BCUT2D eigenvalue weighted by Gasteiger charge is 2.13. The summed E-state index contributed by atoms with van der Waals surface area (Å²) in [5, 5.41) is 4.10. The van der Waals surface area contributed by atoms with E-state index in [4.69, 9.17) is 0 Å². The predicted octanol–water partition coefficient (Wildman–Crippen LogP) is 4.39. The van der Waals surface area contributed by atoms with Crippen LogP contribution in [-0.2, 0) is 17.9 Å². The fourth-order valence-corrected chi connectivity index (χ4v) is 3.00. The van der Waals surface area contributed by atoms with Crippen LogP contribution >= 0.6 is 11.3 Å². The van der Waals surface area contributed by atoms with E-state index in [1.165, 1.54) is 0 Å². The molecule has 0 aliphatic carbocycles. The molecule has 3 rings (SSSR count). The van der Waals surface area contributed by atoms with E-state index < -0.39 is 0 Å². The molecule has 0 saturated heterocycles. The highest BCUT2D eigenvalue weighted by atomic mass is 32.1. The molecule has 0 saturated carbocycles. The summed E-state index contributed by atoms with van der Waals surface area (Å²) < 4.78 is 0. The number of nitrogens with zero attached hydrogens (tertiary/aromatic N) is 2. The van der Waals surface area contributed by atoms with Crippen LogP contribution in [0.2, 0.25) is 0 Å². The van der Waals surface area contributed by atoms with Gasteiger partial charge in [0.15, 0.2) is 0 Å². The van der Waals surface area contributed by atoms with Crippen molar-refractivity contribution in [2.45, 2.75) is 13.1 Å². The summed E-state index contributed by atoms with van der Waals surface area (Å²) in [6.07, 6.45) is 5.23. The quantitative estimate of drug-likeness (QED) is 0.627. The first-order valence-corrected chi connectivity index (χ1v) is 8.68. The van der Waals surface area contributed by atoms with Crippen molar-refractivity contribution in [2.75, 3.05) is 0 Å². The highest BCUT2D eigenvalue weighted by molar-refractivity contribution is 7.07.